The normalized spacial score (nSPS) is 21.5. The number of hydrogen-bond acceptors (Lipinski definition) is 2. The highest BCUT2D eigenvalue weighted by molar-refractivity contribution is 9.09. The average Bonchev–Trinajstić information content (AvgIpc) is 2.44. The van der Waals surface area contributed by atoms with E-state index < -0.39 is 0 Å². The molecule has 0 radical (unpaired) electrons. The first-order chi connectivity index (χ1) is 9.65. The summed E-state index contributed by atoms with van der Waals surface area (Å²) in [6.45, 7) is 0.824. The van der Waals surface area contributed by atoms with Crippen molar-refractivity contribution in [1.82, 2.24) is 9.88 Å². The maximum atomic E-state index is 12.6. The number of pyridine rings is 1. The minimum atomic E-state index is 0.0623. The maximum Gasteiger partial charge on any atom is 0.255 e. The van der Waals surface area contributed by atoms with Crippen LogP contribution in [0.1, 0.15) is 23.2 Å². The van der Waals surface area contributed by atoms with E-state index >= 15 is 0 Å². The van der Waals surface area contributed by atoms with Crippen molar-refractivity contribution >= 4 is 32.7 Å². The van der Waals surface area contributed by atoms with E-state index in [4.69, 9.17) is 0 Å². The molecular formula is C16H17BrN2O. The zero-order valence-electron chi connectivity index (χ0n) is 11.4. The number of carbonyl (C=O) groups excluding carboxylic acids is 1. The van der Waals surface area contributed by atoms with Gasteiger partial charge in [0, 0.05) is 30.0 Å². The Bertz CT molecular complexity index is 632. The fourth-order valence-electron chi connectivity index (χ4n) is 2.76. The number of fused-ring (bicyclic) bond motifs is 1. The van der Waals surface area contributed by atoms with Crippen molar-refractivity contribution in [2.45, 2.75) is 17.7 Å². The van der Waals surface area contributed by atoms with E-state index in [0.717, 1.165) is 30.3 Å². The van der Waals surface area contributed by atoms with Gasteiger partial charge in [-0.05, 0) is 30.9 Å². The van der Waals surface area contributed by atoms with Crippen molar-refractivity contribution < 1.29 is 4.79 Å². The second-order valence-corrected chi connectivity index (χ2v) is 6.80. The van der Waals surface area contributed by atoms with Gasteiger partial charge in [-0.2, -0.15) is 0 Å². The average molecular weight is 333 g/mol. The molecule has 0 spiro atoms. The molecule has 1 saturated carbocycles. The number of aromatic nitrogens is 1. The number of benzene rings is 1. The summed E-state index contributed by atoms with van der Waals surface area (Å²) in [4.78, 5) is 19.4. The summed E-state index contributed by atoms with van der Waals surface area (Å²) in [7, 11) is 1.88. The van der Waals surface area contributed by atoms with E-state index in [1.165, 1.54) is 0 Å². The molecule has 1 aromatic heterocycles. The van der Waals surface area contributed by atoms with E-state index in [2.05, 4.69) is 20.9 Å². The van der Waals surface area contributed by atoms with Crippen LogP contribution < -0.4 is 0 Å². The Kier molecular flexibility index (Phi) is 3.74. The van der Waals surface area contributed by atoms with Gasteiger partial charge in [0.2, 0.25) is 0 Å². The fraction of sp³-hybridized carbons (Fsp3) is 0.375. The number of carbonyl (C=O) groups is 1. The molecule has 1 amide bonds. The van der Waals surface area contributed by atoms with Crippen molar-refractivity contribution in [1.29, 1.82) is 0 Å². The monoisotopic (exact) mass is 332 g/mol. The first-order valence-electron chi connectivity index (χ1n) is 6.88. The van der Waals surface area contributed by atoms with Crippen molar-refractivity contribution in [3.63, 3.8) is 0 Å². The first kappa shape index (κ1) is 13.6. The Balaban J connectivity index is 1.81. The van der Waals surface area contributed by atoms with Crippen LogP contribution in [-0.4, -0.2) is 34.2 Å². The highest BCUT2D eigenvalue weighted by Crippen LogP contribution is 2.33. The van der Waals surface area contributed by atoms with Crippen LogP contribution in [0.3, 0.4) is 0 Å². The van der Waals surface area contributed by atoms with Gasteiger partial charge in [-0.25, -0.2) is 0 Å². The van der Waals surface area contributed by atoms with E-state index in [1.807, 2.05) is 42.3 Å². The van der Waals surface area contributed by atoms with Gasteiger partial charge in [0.05, 0.1) is 11.1 Å². The van der Waals surface area contributed by atoms with Crippen LogP contribution in [0, 0.1) is 5.92 Å². The molecule has 1 aromatic carbocycles. The highest BCUT2D eigenvalue weighted by atomic mass is 79.9. The van der Waals surface area contributed by atoms with Gasteiger partial charge in [-0.3, -0.25) is 9.78 Å². The Morgan fingerprint density at radius 3 is 2.85 bits per heavy atom. The molecule has 3 nitrogen and oxygen atoms in total. The van der Waals surface area contributed by atoms with Crippen LogP contribution in [0.2, 0.25) is 0 Å². The molecule has 1 fully saturated rings. The molecule has 20 heavy (non-hydrogen) atoms. The second kappa shape index (κ2) is 5.52. The van der Waals surface area contributed by atoms with Crippen LogP contribution in [0.15, 0.2) is 36.5 Å². The number of hydrogen-bond donors (Lipinski definition) is 0. The Labute approximate surface area is 127 Å². The van der Waals surface area contributed by atoms with E-state index in [-0.39, 0.29) is 5.91 Å². The van der Waals surface area contributed by atoms with Crippen LogP contribution >= 0.6 is 15.9 Å². The van der Waals surface area contributed by atoms with Crippen molar-refractivity contribution in [2.75, 3.05) is 13.6 Å². The molecule has 4 heteroatoms. The third-order valence-corrected chi connectivity index (χ3v) is 4.67. The Morgan fingerprint density at radius 1 is 1.35 bits per heavy atom. The molecule has 104 valence electrons. The van der Waals surface area contributed by atoms with E-state index in [0.29, 0.717) is 16.3 Å². The maximum absolute atomic E-state index is 12.6. The number of amides is 1. The Hall–Kier alpha value is -1.42. The number of para-hydroxylation sites is 1. The zero-order chi connectivity index (χ0) is 14.1. The van der Waals surface area contributed by atoms with Crippen molar-refractivity contribution in [3.8, 4) is 0 Å². The SMILES string of the molecule is CN(CC1CC(Br)C1)C(=O)c1cccc2cccnc12. The molecule has 0 aliphatic heterocycles. The van der Waals surface area contributed by atoms with Crippen LogP contribution in [-0.2, 0) is 0 Å². The van der Waals surface area contributed by atoms with E-state index in [1.54, 1.807) is 6.20 Å². The van der Waals surface area contributed by atoms with Crippen LogP contribution in [0.25, 0.3) is 10.9 Å². The lowest BCUT2D eigenvalue weighted by Crippen LogP contribution is -2.37. The standard InChI is InChI=1S/C16H17BrN2O/c1-19(10-11-8-13(17)9-11)16(20)14-6-2-4-12-5-3-7-18-15(12)14/h2-7,11,13H,8-10H2,1H3. The molecule has 3 rings (SSSR count). The molecule has 0 N–H and O–H groups in total. The summed E-state index contributed by atoms with van der Waals surface area (Å²) >= 11 is 3.59. The van der Waals surface area contributed by atoms with Gasteiger partial charge in [-0.1, -0.05) is 34.1 Å². The topological polar surface area (TPSA) is 33.2 Å². The third-order valence-electron chi connectivity index (χ3n) is 3.92. The largest absolute Gasteiger partial charge is 0.341 e. The van der Waals surface area contributed by atoms with Crippen molar-refractivity contribution in [2.24, 2.45) is 5.92 Å². The van der Waals surface area contributed by atoms with Gasteiger partial charge in [0.1, 0.15) is 0 Å². The minimum Gasteiger partial charge on any atom is -0.341 e. The molecular weight excluding hydrogens is 316 g/mol. The first-order valence-corrected chi connectivity index (χ1v) is 7.80. The van der Waals surface area contributed by atoms with Crippen molar-refractivity contribution in [3.05, 3.63) is 42.1 Å². The highest BCUT2D eigenvalue weighted by Gasteiger charge is 2.29. The number of halogens is 1. The number of nitrogens with zero attached hydrogens (tertiary/aromatic N) is 2. The summed E-state index contributed by atoms with van der Waals surface area (Å²) in [6, 6.07) is 9.65. The molecule has 1 heterocycles. The zero-order valence-corrected chi connectivity index (χ0v) is 13.0. The molecule has 0 atom stereocenters. The molecule has 1 aliphatic rings. The van der Waals surface area contributed by atoms with Crippen LogP contribution in [0.5, 0.6) is 0 Å². The summed E-state index contributed by atoms with van der Waals surface area (Å²) in [5.74, 6) is 0.684. The fourth-order valence-corrected chi connectivity index (χ4v) is 3.81. The molecule has 0 unspecified atom stereocenters. The number of alkyl halides is 1. The smallest absolute Gasteiger partial charge is 0.255 e. The molecule has 2 aromatic rings. The molecule has 0 saturated heterocycles. The molecule has 0 bridgehead atoms. The van der Waals surface area contributed by atoms with Gasteiger partial charge in [0.25, 0.3) is 5.91 Å². The predicted molar refractivity (Wildman–Crippen MR) is 84.1 cm³/mol. The van der Waals surface area contributed by atoms with Crippen LogP contribution in [0.4, 0.5) is 0 Å². The summed E-state index contributed by atoms with van der Waals surface area (Å²) in [5.41, 5.74) is 1.49. The Morgan fingerprint density at radius 2 is 2.10 bits per heavy atom. The quantitative estimate of drug-likeness (QED) is 0.806. The van der Waals surface area contributed by atoms with Gasteiger partial charge in [0.15, 0.2) is 0 Å². The molecule has 1 aliphatic carbocycles. The summed E-state index contributed by atoms with van der Waals surface area (Å²) in [5, 5.41) is 1.01. The van der Waals surface area contributed by atoms with Gasteiger partial charge >= 0.3 is 0 Å². The third kappa shape index (κ3) is 2.57. The summed E-state index contributed by atoms with van der Waals surface area (Å²) in [6.07, 6.45) is 4.05. The predicted octanol–water partition coefficient (Wildman–Crippen LogP) is 3.48. The summed E-state index contributed by atoms with van der Waals surface area (Å²) < 4.78 is 0. The van der Waals surface area contributed by atoms with Gasteiger partial charge < -0.3 is 4.90 Å². The van der Waals surface area contributed by atoms with Gasteiger partial charge in [-0.15, -0.1) is 0 Å². The second-order valence-electron chi connectivity index (χ2n) is 5.50. The number of rotatable bonds is 3. The van der Waals surface area contributed by atoms with E-state index in [9.17, 15) is 4.79 Å². The lowest BCUT2D eigenvalue weighted by Gasteiger charge is -2.34. The lowest BCUT2D eigenvalue weighted by molar-refractivity contribution is 0.0750. The lowest BCUT2D eigenvalue weighted by atomic mass is 9.85. The minimum absolute atomic E-state index is 0.0623.